The molecule has 3 aromatic rings. The molecular weight excluding hydrogens is 519 g/mol. The van der Waals surface area contributed by atoms with Crippen molar-refractivity contribution in [2.24, 2.45) is 0 Å². The largest absolute Gasteiger partial charge is 3.00 e. The van der Waals surface area contributed by atoms with Crippen LogP contribution in [0, 0.1) is 0 Å². The maximum absolute atomic E-state index is 10.7. The van der Waals surface area contributed by atoms with E-state index in [-0.39, 0.29) is 17.4 Å². The molecule has 0 aliphatic carbocycles. The second-order valence-electron chi connectivity index (χ2n) is 9.14. The predicted octanol–water partition coefficient (Wildman–Crippen LogP) is 3.80. The Morgan fingerprint density at radius 1 is 0.475 bits per heavy atom. The topological polar surface area (TPSA) is 120 Å². The molecule has 7 heteroatoms. The van der Waals surface area contributed by atoms with Gasteiger partial charge in [0, 0.05) is 16.7 Å². The SMILES string of the molecule is CCCCc1ccccc1C(=O)[O-].CCCCc1ccccc1C(=O)[O-].CCCCc1ccccc1C(=O)[O-].[Al+3]. The van der Waals surface area contributed by atoms with E-state index in [4.69, 9.17) is 0 Å². The molecular formula is C33H39AlO6. The molecule has 0 atom stereocenters. The quantitative estimate of drug-likeness (QED) is 0.312. The minimum atomic E-state index is -1.08. The van der Waals surface area contributed by atoms with Gasteiger partial charge in [-0.2, -0.15) is 0 Å². The van der Waals surface area contributed by atoms with Crippen LogP contribution in [-0.4, -0.2) is 35.3 Å². The third kappa shape index (κ3) is 13.6. The molecule has 0 spiro atoms. The Balaban J connectivity index is 0.000000563. The van der Waals surface area contributed by atoms with E-state index in [1.807, 2.05) is 36.4 Å². The average Bonchev–Trinajstić information content (AvgIpc) is 2.94. The van der Waals surface area contributed by atoms with Crippen LogP contribution in [0.25, 0.3) is 0 Å². The van der Waals surface area contributed by atoms with Crippen LogP contribution in [0.2, 0.25) is 0 Å². The molecule has 0 N–H and O–H groups in total. The molecule has 0 heterocycles. The van der Waals surface area contributed by atoms with E-state index in [1.165, 1.54) is 0 Å². The van der Waals surface area contributed by atoms with Crippen LogP contribution >= 0.6 is 0 Å². The van der Waals surface area contributed by atoms with Gasteiger partial charge in [0.05, 0.1) is 17.9 Å². The van der Waals surface area contributed by atoms with Gasteiger partial charge in [0.2, 0.25) is 0 Å². The molecule has 0 aliphatic rings. The van der Waals surface area contributed by atoms with Crippen LogP contribution < -0.4 is 15.3 Å². The van der Waals surface area contributed by atoms with E-state index in [1.54, 1.807) is 36.4 Å². The Morgan fingerprint density at radius 2 is 0.700 bits per heavy atom. The molecule has 0 radical (unpaired) electrons. The van der Waals surface area contributed by atoms with Crippen LogP contribution in [0.15, 0.2) is 72.8 Å². The molecule has 6 nitrogen and oxygen atoms in total. The van der Waals surface area contributed by atoms with Crippen LogP contribution in [-0.2, 0) is 19.3 Å². The number of carboxylic acid groups (broad SMARTS) is 3. The maximum Gasteiger partial charge on any atom is 3.00 e. The second-order valence-corrected chi connectivity index (χ2v) is 9.14. The van der Waals surface area contributed by atoms with Crippen molar-refractivity contribution in [3.8, 4) is 0 Å². The number of rotatable bonds is 12. The number of hydrogen-bond donors (Lipinski definition) is 0. The fraction of sp³-hybridized carbons (Fsp3) is 0.364. The van der Waals surface area contributed by atoms with Crippen molar-refractivity contribution in [2.45, 2.75) is 78.6 Å². The molecule has 3 aromatic carbocycles. The van der Waals surface area contributed by atoms with Gasteiger partial charge in [-0.05, 0) is 55.2 Å². The Hall–Kier alpha value is -3.40. The van der Waals surface area contributed by atoms with E-state index in [2.05, 4.69) is 20.8 Å². The van der Waals surface area contributed by atoms with Gasteiger partial charge in [-0.15, -0.1) is 0 Å². The summed E-state index contributed by atoms with van der Waals surface area (Å²) in [6.07, 6.45) is 8.73. The van der Waals surface area contributed by atoms with Crippen molar-refractivity contribution in [1.29, 1.82) is 0 Å². The molecule has 0 aromatic heterocycles. The van der Waals surface area contributed by atoms with Crippen molar-refractivity contribution < 1.29 is 29.7 Å². The van der Waals surface area contributed by atoms with Crippen LogP contribution in [0.5, 0.6) is 0 Å². The first-order chi connectivity index (χ1) is 18.8. The van der Waals surface area contributed by atoms with Gasteiger partial charge in [0.25, 0.3) is 0 Å². The minimum absolute atomic E-state index is 0. The van der Waals surface area contributed by atoms with Gasteiger partial charge in [0.1, 0.15) is 0 Å². The summed E-state index contributed by atoms with van der Waals surface area (Å²) in [6.45, 7) is 6.25. The Bertz CT molecular complexity index is 1030. The van der Waals surface area contributed by atoms with Crippen LogP contribution in [0.3, 0.4) is 0 Å². The summed E-state index contributed by atoms with van der Waals surface area (Å²) in [7, 11) is 0. The number of carbonyl (C=O) groups is 3. The van der Waals surface area contributed by atoms with Gasteiger partial charge < -0.3 is 29.7 Å². The average molecular weight is 559 g/mol. The molecule has 40 heavy (non-hydrogen) atoms. The van der Waals surface area contributed by atoms with E-state index in [0.29, 0.717) is 16.7 Å². The van der Waals surface area contributed by atoms with Gasteiger partial charge in [-0.3, -0.25) is 0 Å². The minimum Gasteiger partial charge on any atom is -0.545 e. The number of carboxylic acids is 3. The fourth-order valence-electron chi connectivity index (χ4n) is 3.91. The summed E-state index contributed by atoms with van der Waals surface area (Å²) in [5, 5.41) is 32.0. The number of benzene rings is 3. The second kappa shape index (κ2) is 21.4. The third-order valence-corrected chi connectivity index (χ3v) is 6.11. The Labute approximate surface area is 249 Å². The molecule has 0 saturated heterocycles. The standard InChI is InChI=1S/3C11H14O2.Al/c3*1-2-3-6-9-7-4-5-8-10(9)11(12)13;/h3*4-5,7-8H,2-3,6H2,1H3,(H,12,13);/q;;;+3/p-3. The van der Waals surface area contributed by atoms with E-state index in [9.17, 15) is 29.7 Å². The molecule has 0 unspecified atom stereocenters. The zero-order valence-corrected chi connectivity index (χ0v) is 25.0. The molecule has 3 rings (SSSR count). The maximum atomic E-state index is 10.7. The number of aryl methyl sites for hydroxylation is 3. The molecule has 0 bridgehead atoms. The third-order valence-electron chi connectivity index (χ3n) is 6.11. The number of hydrogen-bond acceptors (Lipinski definition) is 6. The molecule has 210 valence electrons. The Morgan fingerprint density at radius 3 is 0.900 bits per heavy atom. The van der Waals surface area contributed by atoms with E-state index < -0.39 is 17.9 Å². The molecule has 0 fully saturated rings. The summed E-state index contributed by atoms with van der Waals surface area (Å²) in [4.78, 5) is 32.0. The molecule has 0 saturated carbocycles. The number of aromatic carboxylic acids is 3. The van der Waals surface area contributed by atoms with Crippen molar-refractivity contribution in [3.05, 3.63) is 106 Å². The predicted molar refractivity (Wildman–Crippen MR) is 154 cm³/mol. The van der Waals surface area contributed by atoms with Crippen LogP contribution in [0.1, 0.15) is 107 Å². The van der Waals surface area contributed by atoms with Gasteiger partial charge in [-0.1, -0.05) is 113 Å². The van der Waals surface area contributed by atoms with Crippen molar-refractivity contribution in [3.63, 3.8) is 0 Å². The first kappa shape index (κ1) is 36.6. The normalized spacial score (nSPS) is 9.68. The number of carbonyl (C=O) groups excluding carboxylic acids is 3. The summed E-state index contributed by atoms with van der Waals surface area (Å²) in [5.74, 6) is -3.23. The van der Waals surface area contributed by atoms with Gasteiger partial charge >= 0.3 is 17.4 Å². The van der Waals surface area contributed by atoms with E-state index in [0.717, 1.165) is 74.5 Å². The van der Waals surface area contributed by atoms with Crippen molar-refractivity contribution in [1.82, 2.24) is 0 Å². The summed E-state index contributed by atoms with van der Waals surface area (Å²) in [5.41, 5.74) is 3.63. The summed E-state index contributed by atoms with van der Waals surface area (Å²) in [6, 6.07) is 21.1. The summed E-state index contributed by atoms with van der Waals surface area (Å²) < 4.78 is 0. The van der Waals surface area contributed by atoms with Gasteiger partial charge in [-0.25, -0.2) is 0 Å². The smallest absolute Gasteiger partial charge is 0.545 e. The van der Waals surface area contributed by atoms with Crippen molar-refractivity contribution in [2.75, 3.05) is 0 Å². The number of unbranched alkanes of at least 4 members (excludes halogenated alkanes) is 3. The Kier molecular flexibility index (Phi) is 19.6. The fourth-order valence-corrected chi connectivity index (χ4v) is 3.91. The molecule has 0 amide bonds. The first-order valence-corrected chi connectivity index (χ1v) is 13.6. The van der Waals surface area contributed by atoms with Crippen molar-refractivity contribution >= 4 is 35.3 Å². The molecule has 0 aliphatic heterocycles. The van der Waals surface area contributed by atoms with E-state index >= 15 is 0 Å². The zero-order valence-electron chi connectivity index (χ0n) is 23.8. The first-order valence-electron chi connectivity index (χ1n) is 13.6. The zero-order chi connectivity index (χ0) is 29.0. The van der Waals surface area contributed by atoms with Gasteiger partial charge in [0.15, 0.2) is 0 Å². The van der Waals surface area contributed by atoms with Crippen LogP contribution in [0.4, 0.5) is 0 Å². The summed E-state index contributed by atoms with van der Waals surface area (Å²) >= 11 is 0. The monoisotopic (exact) mass is 558 g/mol.